The molecule has 5 heteroatoms. The van der Waals surface area contributed by atoms with Crippen LogP contribution < -0.4 is 4.74 Å². The van der Waals surface area contributed by atoms with Crippen molar-refractivity contribution >= 4 is 17.7 Å². The summed E-state index contributed by atoms with van der Waals surface area (Å²) in [6.45, 7) is 1.32. The molecular formula is C4H4N2O2S. The highest BCUT2D eigenvalue weighted by Crippen LogP contribution is 2.04. The highest BCUT2D eigenvalue weighted by Gasteiger charge is 1.97. The van der Waals surface area contributed by atoms with E-state index >= 15 is 0 Å². The van der Waals surface area contributed by atoms with Crippen LogP contribution in [0.4, 0.5) is 0 Å². The lowest BCUT2D eigenvalue weighted by Crippen LogP contribution is -2.00. The molecule has 1 aromatic heterocycles. The molecule has 1 heterocycles. The van der Waals surface area contributed by atoms with Crippen LogP contribution in [0.15, 0.2) is 6.20 Å². The Hall–Kier alpha value is -0.970. The van der Waals surface area contributed by atoms with Crippen molar-refractivity contribution in [2.24, 2.45) is 0 Å². The molecule has 0 N–H and O–H groups in total. The predicted molar refractivity (Wildman–Crippen MR) is 31.2 cm³/mol. The number of nitrogens with zero attached hydrogens (tertiary/aromatic N) is 2. The zero-order chi connectivity index (χ0) is 6.69. The van der Waals surface area contributed by atoms with Crippen molar-refractivity contribution in [1.29, 1.82) is 0 Å². The van der Waals surface area contributed by atoms with Gasteiger partial charge in [-0.05, 0) is 0 Å². The Morgan fingerprint density at radius 1 is 1.89 bits per heavy atom. The molecule has 0 aliphatic carbocycles. The van der Waals surface area contributed by atoms with Gasteiger partial charge in [-0.3, -0.25) is 4.79 Å². The third kappa shape index (κ3) is 1.77. The quantitative estimate of drug-likeness (QED) is 0.537. The molecular weight excluding hydrogens is 140 g/mol. The normalized spacial score (nSPS) is 9.00. The molecule has 48 valence electrons. The number of esters is 1. The van der Waals surface area contributed by atoms with Crippen LogP contribution in [0.5, 0.6) is 5.88 Å². The van der Waals surface area contributed by atoms with Gasteiger partial charge in [-0.2, -0.15) is 4.37 Å². The minimum atomic E-state index is -0.372. The zero-order valence-corrected chi connectivity index (χ0v) is 5.51. The van der Waals surface area contributed by atoms with E-state index in [1.165, 1.54) is 13.1 Å². The minimum absolute atomic E-state index is 0.271. The second-order valence-electron chi connectivity index (χ2n) is 1.34. The van der Waals surface area contributed by atoms with Crippen LogP contribution in [-0.2, 0) is 4.79 Å². The Balaban J connectivity index is 2.58. The van der Waals surface area contributed by atoms with E-state index in [0.29, 0.717) is 0 Å². The van der Waals surface area contributed by atoms with Gasteiger partial charge in [0, 0.05) is 6.92 Å². The molecule has 0 radical (unpaired) electrons. The minimum Gasteiger partial charge on any atom is -0.405 e. The van der Waals surface area contributed by atoms with Gasteiger partial charge in [0.1, 0.15) is 6.20 Å². The molecule has 0 aromatic carbocycles. The van der Waals surface area contributed by atoms with Crippen LogP contribution in [0, 0.1) is 0 Å². The highest BCUT2D eigenvalue weighted by molar-refractivity contribution is 6.99. The number of hydrogen-bond donors (Lipinski definition) is 0. The third-order valence-electron chi connectivity index (χ3n) is 0.589. The zero-order valence-electron chi connectivity index (χ0n) is 4.70. The smallest absolute Gasteiger partial charge is 0.309 e. The van der Waals surface area contributed by atoms with Crippen molar-refractivity contribution in [1.82, 2.24) is 8.75 Å². The monoisotopic (exact) mass is 144 g/mol. The first-order valence-electron chi connectivity index (χ1n) is 2.25. The summed E-state index contributed by atoms with van der Waals surface area (Å²) < 4.78 is 11.8. The summed E-state index contributed by atoms with van der Waals surface area (Å²) >= 11 is 1.00. The molecule has 0 unspecified atom stereocenters. The van der Waals surface area contributed by atoms with Crippen molar-refractivity contribution in [2.75, 3.05) is 0 Å². The van der Waals surface area contributed by atoms with Gasteiger partial charge >= 0.3 is 5.97 Å². The lowest BCUT2D eigenvalue weighted by atomic mass is 10.8. The average molecular weight is 144 g/mol. The molecule has 1 rings (SSSR count). The molecule has 0 bridgehead atoms. The van der Waals surface area contributed by atoms with Crippen LogP contribution >= 0.6 is 11.7 Å². The van der Waals surface area contributed by atoms with E-state index in [0.717, 1.165) is 11.7 Å². The Morgan fingerprint density at radius 3 is 3.11 bits per heavy atom. The highest BCUT2D eigenvalue weighted by atomic mass is 32.1. The van der Waals surface area contributed by atoms with E-state index in [4.69, 9.17) is 0 Å². The Morgan fingerprint density at radius 2 is 2.67 bits per heavy atom. The summed E-state index contributed by atoms with van der Waals surface area (Å²) in [7, 11) is 0. The molecule has 0 saturated carbocycles. The fraction of sp³-hybridized carbons (Fsp3) is 0.250. The maximum atomic E-state index is 10.2. The van der Waals surface area contributed by atoms with E-state index in [-0.39, 0.29) is 11.8 Å². The molecule has 9 heavy (non-hydrogen) atoms. The first-order valence-corrected chi connectivity index (χ1v) is 2.98. The predicted octanol–water partition coefficient (Wildman–Crippen LogP) is 0.463. The van der Waals surface area contributed by atoms with Gasteiger partial charge in [-0.15, -0.1) is 4.37 Å². The van der Waals surface area contributed by atoms with Crippen LogP contribution in [0.2, 0.25) is 0 Å². The second-order valence-corrected chi connectivity index (χ2v) is 1.90. The molecule has 4 nitrogen and oxygen atoms in total. The molecule has 0 saturated heterocycles. The molecule has 0 aliphatic heterocycles. The van der Waals surface area contributed by atoms with Gasteiger partial charge in [-0.1, -0.05) is 0 Å². The van der Waals surface area contributed by atoms with Gasteiger partial charge < -0.3 is 4.74 Å². The van der Waals surface area contributed by atoms with Crippen LogP contribution in [0.1, 0.15) is 6.92 Å². The number of hydrogen-bond acceptors (Lipinski definition) is 5. The molecule has 0 amide bonds. The Bertz CT molecular complexity index is 196. The van der Waals surface area contributed by atoms with Gasteiger partial charge in [0.15, 0.2) is 0 Å². The number of carbonyl (C=O) groups is 1. The summed E-state index contributed by atoms with van der Waals surface area (Å²) in [6.07, 6.45) is 1.39. The van der Waals surface area contributed by atoms with Crippen LogP contribution in [0.3, 0.4) is 0 Å². The van der Waals surface area contributed by atoms with Gasteiger partial charge in [0.2, 0.25) is 0 Å². The molecule has 0 fully saturated rings. The number of rotatable bonds is 1. The lowest BCUT2D eigenvalue weighted by Gasteiger charge is -1.89. The molecule has 0 spiro atoms. The van der Waals surface area contributed by atoms with Crippen LogP contribution in [-0.4, -0.2) is 14.7 Å². The van der Waals surface area contributed by atoms with E-state index in [2.05, 4.69) is 13.5 Å². The van der Waals surface area contributed by atoms with Crippen LogP contribution in [0.25, 0.3) is 0 Å². The van der Waals surface area contributed by atoms with Crippen molar-refractivity contribution < 1.29 is 9.53 Å². The average Bonchev–Trinajstić information content (AvgIpc) is 2.15. The molecule has 0 atom stereocenters. The van der Waals surface area contributed by atoms with E-state index in [1.54, 1.807) is 0 Å². The maximum absolute atomic E-state index is 10.2. The van der Waals surface area contributed by atoms with Gasteiger partial charge in [0.25, 0.3) is 5.88 Å². The standard InChI is InChI=1S/C4H4N2O2S/c1-3(7)8-4-2-5-9-6-4/h2H,1H3. The fourth-order valence-electron chi connectivity index (χ4n) is 0.348. The maximum Gasteiger partial charge on any atom is 0.309 e. The summed E-state index contributed by atoms with van der Waals surface area (Å²) in [5.41, 5.74) is 0. The number of ether oxygens (including phenoxy) is 1. The summed E-state index contributed by atoms with van der Waals surface area (Å²) in [5, 5.41) is 0. The fourth-order valence-corrected chi connectivity index (χ4v) is 0.698. The summed E-state index contributed by atoms with van der Waals surface area (Å²) in [4.78, 5) is 10.2. The van der Waals surface area contributed by atoms with Crippen molar-refractivity contribution in [3.8, 4) is 5.88 Å². The third-order valence-corrected chi connectivity index (χ3v) is 1.05. The van der Waals surface area contributed by atoms with Crippen molar-refractivity contribution in [3.63, 3.8) is 0 Å². The van der Waals surface area contributed by atoms with E-state index in [9.17, 15) is 4.79 Å². The number of carbonyl (C=O) groups excluding carboxylic acids is 1. The SMILES string of the molecule is CC(=O)Oc1cnsn1. The first kappa shape index (κ1) is 6.15. The van der Waals surface area contributed by atoms with E-state index < -0.39 is 0 Å². The van der Waals surface area contributed by atoms with Crippen molar-refractivity contribution in [2.45, 2.75) is 6.92 Å². The Kier molecular flexibility index (Phi) is 1.74. The van der Waals surface area contributed by atoms with Crippen molar-refractivity contribution in [3.05, 3.63) is 6.20 Å². The second kappa shape index (κ2) is 2.54. The molecule has 1 aromatic rings. The largest absolute Gasteiger partial charge is 0.405 e. The van der Waals surface area contributed by atoms with E-state index in [1.807, 2.05) is 0 Å². The first-order chi connectivity index (χ1) is 4.29. The molecule has 0 aliphatic rings. The lowest BCUT2D eigenvalue weighted by molar-refractivity contribution is -0.132. The Labute approximate surface area is 55.8 Å². The summed E-state index contributed by atoms with van der Waals surface area (Å²) in [6, 6.07) is 0. The van der Waals surface area contributed by atoms with Gasteiger partial charge in [0.05, 0.1) is 11.7 Å². The summed E-state index contributed by atoms with van der Waals surface area (Å²) in [5.74, 6) is -0.102. The number of aromatic nitrogens is 2. The van der Waals surface area contributed by atoms with Gasteiger partial charge in [-0.25, -0.2) is 0 Å². The topological polar surface area (TPSA) is 52.1 Å².